The third-order valence-electron chi connectivity index (χ3n) is 2.20. The summed E-state index contributed by atoms with van der Waals surface area (Å²) in [7, 11) is 0. The van der Waals surface area contributed by atoms with Crippen LogP contribution in [0.1, 0.15) is 11.5 Å². The van der Waals surface area contributed by atoms with Crippen LogP contribution in [-0.2, 0) is 0 Å². The summed E-state index contributed by atoms with van der Waals surface area (Å²) in [5, 5.41) is 12.1. The number of aromatic amines is 1. The average Bonchev–Trinajstić information content (AvgIpc) is 2.96. The number of aromatic nitrogens is 5. The Labute approximate surface area is 95.2 Å². The van der Waals surface area contributed by atoms with Crippen LogP contribution >= 0.6 is 11.7 Å². The molecular weight excluding hydrogens is 222 g/mol. The molecule has 0 aliphatic rings. The third-order valence-corrected chi connectivity index (χ3v) is 2.63. The number of fused-ring (bicyclic) bond motifs is 1. The van der Waals surface area contributed by atoms with Gasteiger partial charge in [0, 0.05) is 5.39 Å². The molecule has 0 amide bonds. The fourth-order valence-electron chi connectivity index (χ4n) is 1.47. The van der Waals surface area contributed by atoms with Crippen molar-refractivity contribution in [3.8, 4) is 0 Å². The molecule has 0 aliphatic heterocycles. The summed E-state index contributed by atoms with van der Waals surface area (Å²) >= 11 is 1.09. The van der Waals surface area contributed by atoms with E-state index in [0.29, 0.717) is 5.82 Å². The molecule has 3 rings (SSSR count). The van der Waals surface area contributed by atoms with Gasteiger partial charge in [-0.3, -0.25) is 5.10 Å². The van der Waals surface area contributed by atoms with Crippen LogP contribution in [0.3, 0.4) is 0 Å². The fraction of sp³-hybridized carbons (Fsp3) is 0. The summed E-state index contributed by atoms with van der Waals surface area (Å²) in [5.74, 6) is 0.608. The zero-order valence-corrected chi connectivity index (χ0v) is 8.98. The van der Waals surface area contributed by atoms with E-state index in [4.69, 9.17) is 0 Å². The first-order chi connectivity index (χ1) is 7.93. The number of benzene rings is 1. The van der Waals surface area contributed by atoms with Crippen LogP contribution in [0.4, 0.5) is 0 Å². The van der Waals surface area contributed by atoms with E-state index in [1.807, 2.05) is 30.3 Å². The van der Waals surface area contributed by atoms with Gasteiger partial charge in [-0.2, -0.15) is 9.47 Å². The van der Waals surface area contributed by atoms with Gasteiger partial charge in [0.1, 0.15) is 0 Å². The molecule has 0 atom stereocenters. The lowest BCUT2D eigenvalue weighted by atomic mass is 10.2. The normalized spacial score (nSPS) is 11.5. The summed E-state index contributed by atoms with van der Waals surface area (Å²) in [6.45, 7) is 0. The highest BCUT2D eigenvalue weighted by Gasteiger charge is 2.01. The van der Waals surface area contributed by atoms with Crippen LogP contribution in [0.15, 0.2) is 24.3 Å². The number of rotatable bonds is 2. The molecule has 0 radical (unpaired) electrons. The van der Waals surface area contributed by atoms with Crippen molar-refractivity contribution < 1.29 is 0 Å². The molecule has 1 N–H and O–H groups in total. The number of para-hydroxylation sites is 1. The van der Waals surface area contributed by atoms with Crippen LogP contribution in [0.25, 0.3) is 23.1 Å². The van der Waals surface area contributed by atoms with E-state index >= 15 is 0 Å². The maximum absolute atomic E-state index is 4.21. The molecule has 0 bridgehead atoms. The Morgan fingerprint density at radius 3 is 3.00 bits per heavy atom. The Kier molecular flexibility index (Phi) is 2.19. The van der Waals surface area contributed by atoms with Gasteiger partial charge >= 0.3 is 0 Å². The second-order valence-electron chi connectivity index (χ2n) is 3.20. The lowest BCUT2D eigenvalue weighted by Crippen LogP contribution is -1.76. The van der Waals surface area contributed by atoms with E-state index in [2.05, 4.69) is 24.2 Å². The molecule has 5 nitrogen and oxygen atoms in total. The smallest absolute Gasteiger partial charge is 0.189 e. The van der Waals surface area contributed by atoms with E-state index in [1.165, 1.54) is 0 Å². The highest BCUT2D eigenvalue weighted by atomic mass is 32.1. The van der Waals surface area contributed by atoms with Crippen molar-refractivity contribution in [1.82, 2.24) is 24.2 Å². The summed E-state index contributed by atoms with van der Waals surface area (Å²) in [5.41, 5.74) is 1.90. The van der Waals surface area contributed by atoms with Gasteiger partial charge in [-0.15, -0.1) is 5.10 Å². The molecule has 3 aromatic rings. The molecule has 0 fully saturated rings. The van der Waals surface area contributed by atoms with Crippen molar-refractivity contribution in [3.63, 3.8) is 0 Å². The molecule has 1 aromatic carbocycles. The predicted molar refractivity (Wildman–Crippen MR) is 62.7 cm³/mol. The van der Waals surface area contributed by atoms with Gasteiger partial charge in [0.25, 0.3) is 0 Å². The van der Waals surface area contributed by atoms with Crippen LogP contribution < -0.4 is 0 Å². The Balaban J connectivity index is 2.01. The van der Waals surface area contributed by atoms with Crippen molar-refractivity contribution in [2.24, 2.45) is 0 Å². The van der Waals surface area contributed by atoms with Crippen LogP contribution in [0.5, 0.6) is 0 Å². The summed E-state index contributed by atoms with van der Waals surface area (Å²) in [6.07, 6.45) is 3.68. The summed E-state index contributed by atoms with van der Waals surface area (Å²) in [6, 6.07) is 7.96. The lowest BCUT2D eigenvalue weighted by molar-refractivity contribution is 1.10. The first-order valence-electron chi connectivity index (χ1n) is 4.70. The van der Waals surface area contributed by atoms with E-state index in [1.54, 1.807) is 6.08 Å². The predicted octanol–water partition coefficient (Wildman–Crippen LogP) is 1.98. The minimum Gasteiger partial charge on any atom is -0.277 e. The quantitative estimate of drug-likeness (QED) is 0.729. The molecule has 6 heteroatoms. The molecule has 0 saturated heterocycles. The second kappa shape index (κ2) is 3.82. The molecule has 0 saturated carbocycles. The Morgan fingerprint density at radius 1 is 1.19 bits per heavy atom. The summed E-state index contributed by atoms with van der Waals surface area (Å²) < 4.78 is 7.68. The van der Waals surface area contributed by atoms with Crippen LogP contribution in [0.2, 0.25) is 0 Å². The Morgan fingerprint density at radius 2 is 2.12 bits per heavy atom. The number of H-pyrrole nitrogens is 1. The van der Waals surface area contributed by atoms with Crippen molar-refractivity contribution in [1.29, 1.82) is 0 Å². The van der Waals surface area contributed by atoms with Crippen LogP contribution in [0, 0.1) is 0 Å². The van der Waals surface area contributed by atoms with E-state index in [9.17, 15) is 0 Å². The van der Waals surface area contributed by atoms with E-state index < -0.39 is 0 Å². The number of nitrogens with one attached hydrogen (secondary N) is 1. The lowest BCUT2D eigenvalue weighted by Gasteiger charge is -1.87. The van der Waals surface area contributed by atoms with Gasteiger partial charge in [0.2, 0.25) is 0 Å². The first kappa shape index (κ1) is 9.17. The van der Waals surface area contributed by atoms with E-state index in [-0.39, 0.29) is 0 Å². The van der Waals surface area contributed by atoms with Gasteiger partial charge in [-0.05, 0) is 18.2 Å². The zero-order valence-electron chi connectivity index (χ0n) is 8.16. The SMILES string of the molecule is C(=C\c1n[nH]c2ccccc12)/c1nnsn1. The number of nitrogens with zero attached hydrogens (tertiary/aromatic N) is 4. The average molecular weight is 229 g/mol. The second-order valence-corrected chi connectivity index (χ2v) is 3.71. The molecule has 16 heavy (non-hydrogen) atoms. The molecule has 0 aliphatic carbocycles. The Hall–Kier alpha value is -2.08. The number of hydrogen-bond acceptors (Lipinski definition) is 5. The highest BCUT2D eigenvalue weighted by Crippen LogP contribution is 2.16. The topological polar surface area (TPSA) is 67.3 Å². The van der Waals surface area contributed by atoms with E-state index in [0.717, 1.165) is 28.3 Å². The first-order valence-corrected chi connectivity index (χ1v) is 5.43. The molecule has 0 spiro atoms. The molecule has 2 aromatic heterocycles. The van der Waals surface area contributed by atoms with Crippen molar-refractivity contribution >= 4 is 34.8 Å². The van der Waals surface area contributed by atoms with Gasteiger partial charge in [0.05, 0.1) is 22.9 Å². The molecule has 2 heterocycles. The fourth-order valence-corrected chi connectivity index (χ4v) is 1.81. The standard InChI is InChI=1S/C10H7N5S/c1-2-4-8-7(3-1)9(12-11-8)5-6-10-13-15-16-14-10/h1-6H,(H,11,12)/b6-5+. The van der Waals surface area contributed by atoms with Gasteiger partial charge in [-0.1, -0.05) is 22.7 Å². The van der Waals surface area contributed by atoms with Crippen molar-refractivity contribution in [2.45, 2.75) is 0 Å². The van der Waals surface area contributed by atoms with Crippen molar-refractivity contribution in [3.05, 3.63) is 35.8 Å². The number of hydrogen-bond donors (Lipinski definition) is 1. The molecule has 78 valence electrons. The third kappa shape index (κ3) is 1.59. The largest absolute Gasteiger partial charge is 0.277 e. The van der Waals surface area contributed by atoms with Gasteiger partial charge < -0.3 is 0 Å². The molecular formula is C10H7N5S. The molecule has 0 unspecified atom stereocenters. The monoisotopic (exact) mass is 229 g/mol. The van der Waals surface area contributed by atoms with Crippen LogP contribution in [-0.4, -0.2) is 24.2 Å². The summed E-state index contributed by atoms with van der Waals surface area (Å²) in [4.78, 5) is 0. The van der Waals surface area contributed by atoms with Gasteiger partial charge in [0.15, 0.2) is 5.82 Å². The zero-order chi connectivity index (χ0) is 10.8. The Bertz CT molecular complexity index is 626. The minimum absolute atomic E-state index is 0.608. The maximum atomic E-state index is 4.21. The minimum atomic E-state index is 0.608. The maximum Gasteiger partial charge on any atom is 0.189 e. The highest BCUT2D eigenvalue weighted by molar-refractivity contribution is 6.98. The van der Waals surface area contributed by atoms with Crippen molar-refractivity contribution in [2.75, 3.05) is 0 Å². The van der Waals surface area contributed by atoms with Gasteiger partial charge in [-0.25, -0.2) is 0 Å².